The van der Waals surface area contributed by atoms with E-state index in [9.17, 15) is 14.7 Å². The molecule has 7 heteroatoms. The average Bonchev–Trinajstić information content (AvgIpc) is 2.60. The molecule has 2 amide bonds. The van der Waals surface area contributed by atoms with Gasteiger partial charge in [0.2, 0.25) is 0 Å². The number of carbonyl (C=O) groups excluding carboxylic acids is 1. The van der Waals surface area contributed by atoms with Gasteiger partial charge in [0.1, 0.15) is 0 Å². The number of carboxylic acid groups (broad SMARTS) is 1. The first kappa shape index (κ1) is 15.2. The fraction of sp³-hybridized carbons (Fsp3) is 0.500. The van der Waals surface area contributed by atoms with Crippen LogP contribution in [0.4, 0.5) is 10.5 Å². The summed E-state index contributed by atoms with van der Waals surface area (Å²) in [5.74, 6) is -1.09. The summed E-state index contributed by atoms with van der Waals surface area (Å²) in [5.41, 5.74) is -0.373. The second-order valence-corrected chi connectivity index (χ2v) is 5.54. The molecular formula is C14H19N3O4. The van der Waals surface area contributed by atoms with E-state index in [-0.39, 0.29) is 11.6 Å². The van der Waals surface area contributed by atoms with Gasteiger partial charge in [0, 0.05) is 19.3 Å². The van der Waals surface area contributed by atoms with Gasteiger partial charge in [0.15, 0.2) is 0 Å². The van der Waals surface area contributed by atoms with Gasteiger partial charge in [0.05, 0.1) is 23.0 Å². The van der Waals surface area contributed by atoms with E-state index in [0.717, 1.165) is 6.42 Å². The van der Waals surface area contributed by atoms with Crippen LogP contribution < -0.4 is 5.32 Å². The summed E-state index contributed by atoms with van der Waals surface area (Å²) in [5, 5.41) is 21.5. The first-order valence-corrected chi connectivity index (χ1v) is 6.84. The number of likely N-dealkylation sites (tertiary alicyclic amines) is 1. The quantitative estimate of drug-likeness (QED) is 0.767. The molecular weight excluding hydrogens is 274 g/mol. The molecule has 2 heterocycles. The summed E-state index contributed by atoms with van der Waals surface area (Å²) < 4.78 is 0. The van der Waals surface area contributed by atoms with Crippen molar-refractivity contribution in [2.24, 2.45) is 0 Å². The number of anilines is 1. The minimum absolute atomic E-state index is 0.0200. The van der Waals surface area contributed by atoms with Crippen molar-refractivity contribution in [2.45, 2.75) is 31.8 Å². The Bertz CT molecular complexity index is 545. The van der Waals surface area contributed by atoms with E-state index in [1.54, 1.807) is 11.8 Å². The minimum Gasteiger partial charge on any atom is -0.478 e. The van der Waals surface area contributed by atoms with Gasteiger partial charge in [0.25, 0.3) is 0 Å². The number of carbonyl (C=O) groups is 2. The van der Waals surface area contributed by atoms with Crippen molar-refractivity contribution in [1.29, 1.82) is 0 Å². The van der Waals surface area contributed by atoms with Crippen molar-refractivity contribution < 1.29 is 19.8 Å². The van der Waals surface area contributed by atoms with Crippen molar-refractivity contribution in [2.75, 3.05) is 18.4 Å². The summed E-state index contributed by atoms with van der Waals surface area (Å²) in [6, 6.07) is 1.05. The molecule has 114 valence electrons. The molecule has 1 aromatic rings. The van der Waals surface area contributed by atoms with Crippen LogP contribution in [0.15, 0.2) is 18.5 Å². The number of amides is 2. The highest BCUT2D eigenvalue weighted by molar-refractivity contribution is 5.92. The molecule has 1 aliphatic heterocycles. The van der Waals surface area contributed by atoms with Crippen LogP contribution in [0.5, 0.6) is 0 Å². The average molecular weight is 293 g/mol. The van der Waals surface area contributed by atoms with Crippen LogP contribution in [-0.4, -0.2) is 50.8 Å². The Morgan fingerprint density at radius 2 is 2.10 bits per heavy atom. The second kappa shape index (κ2) is 6.09. The third-order valence-electron chi connectivity index (χ3n) is 3.59. The maximum Gasteiger partial charge on any atom is 0.337 e. The van der Waals surface area contributed by atoms with Crippen LogP contribution in [0.25, 0.3) is 0 Å². The number of nitrogens with one attached hydrogen (secondary N) is 1. The highest BCUT2D eigenvalue weighted by atomic mass is 16.4. The molecule has 0 spiro atoms. The predicted octanol–water partition coefficient (Wildman–Crippen LogP) is 1.55. The fourth-order valence-electron chi connectivity index (χ4n) is 2.29. The van der Waals surface area contributed by atoms with Crippen LogP contribution >= 0.6 is 0 Å². The van der Waals surface area contributed by atoms with Gasteiger partial charge in [-0.2, -0.15) is 0 Å². The second-order valence-electron chi connectivity index (χ2n) is 5.54. The number of hydrogen-bond acceptors (Lipinski definition) is 4. The Balaban J connectivity index is 2.01. The molecule has 1 aliphatic rings. The number of urea groups is 1. The van der Waals surface area contributed by atoms with Crippen molar-refractivity contribution in [3.8, 4) is 0 Å². The standard InChI is InChI=1S/C14H19N3O4/c1-14(21)3-2-5-17(6-4-14)13(20)16-11-7-10(12(18)19)8-15-9-11/h7-9,21H,2-6H2,1H3,(H,16,20)(H,18,19). The zero-order chi connectivity index (χ0) is 15.5. The molecule has 1 atom stereocenters. The lowest BCUT2D eigenvalue weighted by molar-refractivity contribution is 0.0458. The van der Waals surface area contributed by atoms with Crippen LogP contribution in [0.2, 0.25) is 0 Å². The van der Waals surface area contributed by atoms with Gasteiger partial charge in [-0.25, -0.2) is 9.59 Å². The predicted molar refractivity (Wildman–Crippen MR) is 76.3 cm³/mol. The molecule has 7 nitrogen and oxygen atoms in total. The normalized spacial score (nSPS) is 22.5. The molecule has 2 rings (SSSR count). The highest BCUT2D eigenvalue weighted by Crippen LogP contribution is 2.21. The first-order chi connectivity index (χ1) is 9.87. The molecule has 1 aromatic heterocycles. The number of aromatic carboxylic acids is 1. The highest BCUT2D eigenvalue weighted by Gasteiger charge is 2.27. The van der Waals surface area contributed by atoms with E-state index in [1.165, 1.54) is 18.5 Å². The van der Waals surface area contributed by atoms with Crippen LogP contribution in [-0.2, 0) is 0 Å². The lowest BCUT2D eigenvalue weighted by atomic mass is 9.98. The Kier molecular flexibility index (Phi) is 4.42. The summed E-state index contributed by atoms with van der Waals surface area (Å²) in [6.07, 6.45) is 4.54. The number of rotatable bonds is 2. The number of pyridine rings is 1. The summed E-state index contributed by atoms with van der Waals surface area (Å²) in [6.45, 7) is 2.80. The molecule has 0 saturated carbocycles. The van der Waals surface area contributed by atoms with E-state index in [0.29, 0.717) is 31.6 Å². The van der Waals surface area contributed by atoms with Crippen LogP contribution in [0.3, 0.4) is 0 Å². The fourth-order valence-corrected chi connectivity index (χ4v) is 2.29. The number of aromatic nitrogens is 1. The van der Waals surface area contributed by atoms with Gasteiger partial charge in [-0.15, -0.1) is 0 Å². The zero-order valence-electron chi connectivity index (χ0n) is 11.9. The maximum absolute atomic E-state index is 12.2. The summed E-state index contributed by atoms with van der Waals surface area (Å²) >= 11 is 0. The molecule has 21 heavy (non-hydrogen) atoms. The topological polar surface area (TPSA) is 103 Å². The van der Waals surface area contributed by atoms with Crippen molar-refractivity contribution in [3.05, 3.63) is 24.0 Å². The van der Waals surface area contributed by atoms with E-state index in [2.05, 4.69) is 10.3 Å². The van der Waals surface area contributed by atoms with Gasteiger partial charge in [-0.05, 0) is 32.3 Å². The molecule has 1 fully saturated rings. The van der Waals surface area contributed by atoms with Gasteiger partial charge in [-0.1, -0.05) is 0 Å². The number of hydrogen-bond donors (Lipinski definition) is 3. The largest absolute Gasteiger partial charge is 0.478 e. The lowest BCUT2D eigenvalue weighted by Gasteiger charge is -2.22. The summed E-state index contributed by atoms with van der Waals surface area (Å²) in [4.78, 5) is 28.4. The Morgan fingerprint density at radius 3 is 2.81 bits per heavy atom. The smallest absolute Gasteiger partial charge is 0.337 e. The maximum atomic E-state index is 12.2. The third-order valence-corrected chi connectivity index (χ3v) is 3.59. The lowest BCUT2D eigenvalue weighted by Crippen LogP contribution is -2.36. The summed E-state index contributed by atoms with van der Waals surface area (Å²) in [7, 11) is 0. The van der Waals surface area contributed by atoms with Crippen molar-refractivity contribution in [1.82, 2.24) is 9.88 Å². The molecule has 0 bridgehead atoms. The number of carboxylic acids is 1. The van der Waals surface area contributed by atoms with E-state index in [4.69, 9.17) is 5.11 Å². The first-order valence-electron chi connectivity index (χ1n) is 6.84. The molecule has 1 saturated heterocycles. The third kappa shape index (κ3) is 4.16. The van der Waals surface area contributed by atoms with Crippen molar-refractivity contribution in [3.63, 3.8) is 0 Å². The Morgan fingerprint density at radius 1 is 1.33 bits per heavy atom. The monoisotopic (exact) mass is 293 g/mol. The van der Waals surface area contributed by atoms with Crippen LogP contribution in [0.1, 0.15) is 36.5 Å². The molecule has 0 radical (unpaired) electrons. The Labute approximate surface area is 122 Å². The molecule has 0 aromatic carbocycles. The molecule has 3 N–H and O–H groups in total. The van der Waals surface area contributed by atoms with Crippen molar-refractivity contribution >= 4 is 17.7 Å². The SMILES string of the molecule is CC1(O)CCCN(C(=O)Nc2cncc(C(=O)O)c2)CC1. The molecule has 0 aliphatic carbocycles. The number of aliphatic hydroxyl groups is 1. The van der Waals surface area contributed by atoms with E-state index in [1.807, 2.05) is 0 Å². The van der Waals surface area contributed by atoms with Gasteiger partial charge in [-0.3, -0.25) is 4.98 Å². The van der Waals surface area contributed by atoms with E-state index < -0.39 is 11.6 Å². The minimum atomic E-state index is -1.09. The van der Waals surface area contributed by atoms with E-state index >= 15 is 0 Å². The van der Waals surface area contributed by atoms with Gasteiger partial charge >= 0.3 is 12.0 Å². The van der Waals surface area contributed by atoms with Gasteiger partial charge < -0.3 is 20.4 Å². The van der Waals surface area contributed by atoms with Crippen LogP contribution in [0, 0.1) is 0 Å². The zero-order valence-corrected chi connectivity index (χ0v) is 11.9. The Hall–Kier alpha value is -2.15. The number of nitrogens with zero attached hydrogens (tertiary/aromatic N) is 2. The molecule has 1 unspecified atom stereocenters.